The van der Waals surface area contributed by atoms with Crippen LogP contribution in [0.3, 0.4) is 0 Å². The second-order valence-electron chi connectivity index (χ2n) is 4.07. The molecule has 1 N–H and O–H groups in total. The third kappa shape index (κ3) is 2.63. The first kappa shape index (κ1) is 14.4. The molecule has 0 saturated heterocycles. The van der Waals surface area contributed by atoms with Crippen LogP contribution in [0.5, 0.6) is 0 Å². The van der Waals surface area contributed by atoms with Gasteiger partial charge in [-0.15, -0.1) is 5.92 Å². The number of aryl methyl sites for hydroxylation is 1. The molecule has 0 saturated carbocycles. The van der Waals surface area contributed by atoms with Crippen molar-refractivity contribution in [3.8, 4) is 11.8 Å². The first-order chi connectivity index (χ1) is 8.99. The third-order valence-corrected chi connectivity index (χ3v) is 4.61. The Morgan fingerprint density at radius 2 is 1.89 bits per heavy atom. The average Bonchev–Trinajstić information content (AvgIpc) is 2.71. The fourth-order valence-corrected chi connectivity index (χ4v) is 3.05. The maximum absolute atomic E-state index is 10.9. The normalized spacial score (nSPS) is 13.5. The molecule has 5 heteroatoms. The van der Waals surface area contributed by atoms with E-state index in [1.54, 1.807) is 6.92 Å². The molecule has 0 radical (unpaired) electrons. The molecule has 0 fully saturated rings. The van der Waals surface area contributed by atoms with E-state index >= 15 is 0 Å². The molecule has 19 heavy (non-hydrogen) atoms. The highest BCUT2D eigenvalue weighted by atomic mass is 35.5. The Hall–Kier alpha value is -1.05. The first-order valence-corrected chi connectivity index (χ1v) is 7.06. The Bertz CT molecular complexity index is 654. The van der Waals surface area contributed by atoms with Gasteiger partial charge in [0.25, 0.3) is 0 Å². The molecule has 0 bridgehead atoms. The van der Waals surface area contributed by atoms with E-state index in [4.69, 9.17) is 23.2 Å². The molecule has 1 heterocycles. The molecule has 2 aromatic rings. The molecule has 98 valence electrons. The van der Waals surface area contributed by atoms with Gasteiger partial charge in [-0.25, -0.2) is 0 Å². The lowest BCUT2D eigenvalue weighted by atomic mass is 9.92. The zero-order valence-electron chi connectivity index (χ0n) is 10.4. The Labute approximate surface area is 126 Å². The van der Waals surface area contributed by atoms with Gasteiger partial charge in [-0.1, -0.05) is 59.0 Å². The van der Waals surface area contributed by atoms with Gasteiger partial charge in [-0.3, -0.25) is 0 Å². The van der Waals surface area contributed by atoms with E-state index in [2.05, 4.69) is 16.2 Å². The van der Waals surface area contributed by atoms with Gasteiger partial charge in [0.1, 0.15) is 0 Å². The number of aliphatic hydroxyl groups is 1. The molecule has 1 aromatic carbocycles. The fraction of sp³-hybridized carbons (Fsp3) is 0.214. The van der Waals surface area contributed by atoms with Gasteiger partial charge in [0.15, 0.2) is 10.8 Å². The molecule has 1 aromatic heterocycles. The molecule has 0 unspecified atom stereocenters. The van der Waals surface area contributed by atoms with Gasteiger partial charge >= 0.3 is 0 Å². The minimum Gasteiger partial charge on any atom is -0.369 e. The second-order valence-corrected chi connectivity index (χ2v) is 5.58. The van der Waals surface area contributed by atoms with E-state index < -0.39 is 5.60 Å². The van der Waals surface area contributed by atoms with Crippen molar-refractivity contribution in [3.63, 3.8) is 0 Å². The van der Waals surface area contributed by atoms with Crippen molar-refractivity contribution in [1.82, 2.24) is 4.37 Å². The number of hydrogen-bond donors (Lipinski definition) is 1. The minimum absolute atomic E-state index is 0.185. The van der Waals surface area contributed by atoms with E-state index in [9.17, 15) is 5.11 Å². The van der Waals surface area contributed by atoms with Gasteiger partial charge in [-0.2, -0.15) is 4.37 Å². The molecule has 0 aliphatic carbocycles. The van der Waals surface area contributed by atoms with E-state index in [0.717, 1.165) is 17.1 Å². The summed E-state index contributed by atoms with van der Waals surface area (Å²) < 4.78 is 3.95. The molecular weight excluding hydrogens is 301 g/mol. The number of hydrogen-bond acceptors (Lipinski definition) is 3. The first-order valence-electron chi connectivity index (χ1n) is 5.53. The number of benzene rings is 1. The Morgan fingerprint density at radius 3 is 2.37 bits per heavy atom. The molecule has 0 amide bonds. The van der Waals surface area contributed by atoms with Crippen LogP contribution in [0.4, 0.5) is 0 Å². The maximum Gasteiger partial charge on any atom is 0.189 e. The van der Waals surface area contributed by atoms with Gasteiger partial charge < -0.3 is 5.11 Å². The number of aromatic nitrogens is 1. The van der Waals surface area contributed by atoms with Crippen LogP contribution >= 0.6 is 34.7 Å². The van der Waals surface area contributed by atoms with Crippen molar-refractivity contribution >= 4 is 34.7 Å². The monoisotopic (exact) mass is 311 g/mol. The lowest BCUT2D eigenvalue weighted by Crippen LogP contribution is -2.24. The maximum atomic E-state index is 10.9. The number of nitrogens with zero attached hydrogens (tertiary/aromatic N) is 1. The van der Waals surface area contributed by atoms with Crippen LogP contribution in [-0.4, -0.2) is 9.48 Å². The van der Waals surface area contributed by atoms with Crippen molar-refractivity contribution in [2.75, 3.05) is 0 Å². The van der Waals surface area contributed by atoms with Crippen LogP contribution in [0.1, 0.15) is 22.9 Å². The molecule has 0 aliphatic heterocycles. The molecule has 2 rings (SSSR count). The summed E-state index contributed by atoms with van der Waals surface area (Å²) in [6.07, 6.45) is 0. The molecule has 0 spiro atoms. The predicted molar refractivity (Wildman–Crippen MR) is 79.8 cm³/mol. The van der Waals surface area contributed by atoms with E-state index in [-0.39, 0.29) is 10.2 Å². The Morgan fingerprint density at radius 1 is 1.26 bits per heavy atom. The third-order valence-electron chi connectivity index (χ3n) is 2.70. The van der Waals surface area contributed by atoms with Crippen molar-refractivity contribution in [2.45, 2.75) is 19.4 Å². The summed E-state index contributed by atoms with van der Waals surface area (Å²) in [5.41, 5.74) is 0.267. The van der Waals surface area contributed by atoms with Gasteiger partial charge in [0, 0.05) is 5.56 Å². The summed E-state index contributed by atoms with van der Waals surface area (Å²) in [4.78, 5) is 0.442. The van der Waals surface area contributed by atoms with Crippen LogP contribution < -0.4 is 0 Å². The quantitative estimate of drug-likeness (QED) is 0.850. The molecule has 2 nitrogen and oxygen atoms in total. The molecule has 0 aliphatic rings. The van der Waals surface area contributed by atoms with Crippen LogP contribution in [0, 0.1) is 18.8 Å². The smallest absolute Gasteiger partial charge is 0.189 e. The molecule has 1 atom stereocenters. The summed E-state index contributed by atoms with van der Waals surface area (Å²) in [7, 11) is 0. The van der Waals surface area contributed by atoms with Gasteiger partial charge in [0.05, 0.1) is 9.90 Å². The fourth-order valence-electron chi connectivity index (χ4n) is 1.72. The lowest BCUT2D eigenvalue weighted by Gasteiger charge is -2.21. The highest BCUT2D eigenvalue weighted by Crippen LogP contribution is 2.40. The van der Waals surface area contributed by atoms with E-state index in [0.29, 0.717) is 10.4 Å². The largest absolute Gasteiger partial charge is 0.369 e. The topological polar surface area (TPSA) is 33.1 Å². The van der Waals surface area contributed by atoms with Crippen molar-refractivity contribution in [3.05, 3.63) is 50.4 Å². The second kappa shape index (κ2) is 5.52. The summed E-state index contributed by atoms with van der Waals surface area (Å²) in [5, 5.41) is 11.3. The zero-order valence-corrected chi connectivity index (χ0v) is 12.7. The van der Waals surface area contributed by atoms with Gasteiger partial charge in [-0.05, 0) is 25.4 Å². The molecular formula is C14H11Cl2NOS. The summed E-state index contributed by atoms with van der Waals surface area (Å²) in [6.45, 7) is 3.64. The van der Waals surface area contributed by atoms with Crippen molar-refractivity contribution in [1.29, 1.82) is 0 Å². The standard InChI is InChI=1S/C14H11Cl2NOS/c1-3-8-14(18,10-6-4-9(2)5-7-10)12-11(15)13(16)17-19-12/h4-7,18H,1-2H3/t14-/m0/s1. The highest BCUT2D eigenvalue weighted by Gasteiger charge is 2.35. The minimum atomic E-state index is -1.48. The zero-order chi connectivity index (χ0) is 14.0. The van der Waals surface area contributed by atoms with Crippen LogP contribution in [-0.2, 0) is 5.60 Å². The number of halogens is 2. The Balaban J connectivity index is 2.63. The summed E-state index contributed by atoms with van der Waals surface area (Å²) in [5.74, 6) is 5.53. The summed E-state index contributed by atoms with van der Waals surface area (Å²) >= 11 is 13.0. The average molecular weight is 312 g/mol. The van der Waals surface area contributed by atoms with Crippen molar-refractivity contribution in [2.24, 2.45) is 0 Å². The number of rotatable bonds is 2. The van der Waals surface area contributed by atoms with Crippen LogP contribution in [0.2, 0.25) is 10.2 Å². The Kier molecular flexibility index (Phi) is 4.17. The van der Waals surface area contributed by atoms with E-state index in [1.165, 1.54) is 0 Å². The SMILES string of the molecule is CC#C[C@](O)(c1ccc(C)cc1)c1snc(Cl)c1Cl. The van der Waals surface area contributed by atoms with Crippen LogP contribution in [0.15, 0.2) is 24.3 Å². The highest BCUT2D eigenvalue weighted by molar-refractivity contribution is 7.07. The van der Waals surface area contributed by atoms with Crippen LogP contribution in [0.25, 0.3) is 0 Å². The van der Waals surface area contributed by atoms with Gasteiger partial charge in [0.2, 0.25) is 0 Å². The predicted octanol–water partition coefficient (Wildman–Crippen LogP) is 4.02. The summed E-state index contributed by atoms with van der Waals surface area (Å²) in [6, 6.07) is 7.47. The van der Waals surface area contributed by atoms with E-state index in [1.807, 2.05) is 31.2 Å². The lowest BCUT2D eigenvalue weighted by molar-refractivity contribution is 0.149. The van der Waals surface area contributed by atoms with Crippen molar-refractivity contribution < 1.29 is 5.11 Å².